The highest BCUT2D eigenvalue weighted by Crippen LogP contribution is 2.20. The van der Waals surface area contributed by atoms with Crippen LogP contribution in [-0.4, -0.2) is 28.0 Å². The predicted octanol–water partition coefficient (Wildman–Crippen LogP) is 2.20. The number of aromatic nitrogens is 3. The molecule has 2 aromatic rings. The first-order valence-electron chi connectivity index (χ1n) is 5.39. The van der Waals surface area contributed by atoms with Gasteiger partial charge in [-0.1, -0.05) is 15.9 Å². The zero-order valence-electron chi connectivity index (χ0n) is 10.3. The van der Waals surface area contributed by atoms with Crippen LogP contribution in [0.25, 0.3) is 0 Å². The molecule has 6 nitrogen and oxygen atoms in total. The van der Waals surface area contributed by atoms with Crippen molar-refractivity contribution in [2.45, 2.75) is 6.92 Å². The summed E-state index contributed by atoms with van der Waals surface area (Å²) in [5.41, 5.74) is 1.65. The molecule has 0 bridgehead atoms. The Balaban J connectivity index is 2.23. The van der Waals surface area contributed by atoms with Crippen molar-refractivity contribution in [3.8, 4) is 5.88 Å². The fraction of sp³-hybridized carbons (Fsp3) is 0.167. The number of ether oxygens (including phenoxy) is 1. The third kappa shape index (κ3) is 3.05. The first-order valence-corrected chi connectivity index (χ1v) is 6.18. The van der Waals surface area contributed by atoms with Crippen LogP contribution in [-0.2, 0) is 0 Å². The van der Waals surface area contributed by atoms with E-state index in [4.69, 9.17) is 4.74 Å². The number of anilines is 1. The van der Waals surface area contributed by atoms with E-state index >= 15 is 0 Å². The van der Waals surface area contributed by atoms with Crippen LogP contribution in [0, 0.1) is 6.92 Å². The van der Waals surface area contributed by atoms with E-state index in [0.717, 1.165) is 10.0 Å². The van der Waals surface area contributed by atoms with Gasteiger partial charge in [0.05, 0.1) is 13.3 Å². The molecule has 1 N–H and O–H groups in total. The number of aryl methyl sites for hydroxylation is 1. The largest absolute Gasteiger partial charge is 0.479 e. The van der Waals surface area contributed by atoms with Crippen molar-refractivity contribution in [3.05, 3.63) is 40.5 Å². The molecule has 19 heavy (non-hydrogen) atoms. The zero-order valence-corrected chi connectivity index (χ0v) is 11.9. The van der Waals surface area contributed by atoms with Crippen LogP contribution in [0.3, 0.4) is 0 Å². The second-order valence-electron chi connectivity index (χ2n) is 3.72. The minimum absolute atomic E-state index is 0.295. The van der Waals surface area contributed by atoms with Crippen molar-refractivity contribution in [1.29, 1.82) is 0 Å². The van der Waals surface area contributed by atoms with Crippen molar-refractivity contribution in [3.63, 3.8) is 0 Å². The first-order chi connectivity index (χ1) is 9.11. The first kappa shape index (κ1) is 13.4. The van der Waals surface area contributed by atoms with E-state index in [1.54, 1.807) is 12.3 Å². The van der Waals surface area contributed by atoms with Gasteiger partial charge in [0.15, 0.2) is 0 Å². The molecular formula is C12H11BrN4O2. The second kappa shape index (κ2) is 5.75. The third-order valence-corrected chi connectivity index (χ3v) is 3.24. The van der Waals surface area contributed by atoms with Crippen LogP contribution in [0.4, 0.5) is 5.69 Å². The van der Waals surface area contributed by atoms with Crippen molar-refractivity contribution < 1.29 is 9.53 Å². The Morgan fingerprint density at radius 3 is 2.84 bits per heavy atom. The van der Waals surface area contributed by atoms with Crippen LogP contribution in [0.5, 0.6) is 5.88 Å². The number of methoxy groups -OCH3 is 1. The number of carbonyl (C=O) groups excluding carboxylic acids is 1. The summed E-state index contributed by atoms with van der Waals surface area (Å²) < 4.78 is 5.85. The normalized spacial score (nSPS) is 10.1. The van der Waals surface area contributed by atoms with Gasteiger partial charge in [0.25, 0.3) is 5.91 Å². The van der Waals surface area contributed by atoms with E-state index in [-0.39, 0.29) is 5.91 Å². The Labute approximate surface area is 118 Å². The monoisotopic (exact) mass is 322 g/mol. The van der Waals surface area contributed by atoms with Gasteiger partial charge in [0.1, 0.15) is 17.7 Å². The minimum atomic E-state index is -0.353. The molecule has 0 aliphatic rings. The van der Waals surface area contributed by atoms with E-state index in [9.17, 15) is 4.79 Å². The van der Waals surface area contributed by atoms with Crippen LogP contribution >= 0.6 is 15.9 Å². The summed E-state index contributed by atoms with van der Waals surface area (Å²) in [6, 6.07) is 1.65. The number of hydrogen-bond donors (Lipinski definition) is 1. The molecule has 2 heterocycles. The molecule has 0 radical (unpaired) electrons. The molecule has 0 saturated heterocycles. The van der Waals surface area contributed by atoms with Gasteiger partial charge in [-0.25, -0.2) is 4.98 Å². The molecule has 0 atom stereocenters. The van der Waals surface area contributed by atoms with E-state index in [0.29, 0.717) is 17.3 Å². The quantitative estimate of drug-likeness (QED) is 0.937. The lowest BCUT2D eigenvalue weighted by Crippen LogP contribution is -2.15. The molecule has 0 saturated carbocycles. The predicted molar refractivity (Wildman–Crippen MR) is 73.2 cm³/mol. The maximum Gasteiger partial charge on any atom is 0.274 e. The Kier molecular flexibility index (Phi) is 4.06. The van der Waals surface area contributed by atoms with Crippen molar-refractivity contribution in [2.75, 3.05) is 12.4 Å². The highest BCUT2D eigenvalue weighted by molar-refractivity contribution is 9.10. The molecule has 0 aromatic carbocycles. The summed E-state index contributed by atoms with van der Waals surface area (Å²) in [5, 5.41) is 2.65. The van der Waals surface area contributed by atoms with Gasteiger partial charge in [0, 0.05) is 10.7 Å². The summed E-state index contributed by atoms with van der Waals surface area (Å²) in [6.07, 6.45) is 4.43. The van der Waals surface area contributed by atoms with Gasteiger partial charge in [-0.3, -0.25) is 9.78 Å². The summed E-state index contributed by atoms with van der Waals surface area (Å²) in [4.78, 5) is 23.8. The Hall–Kier alpha value is -2.02. The molecule has 0 aliphatic heterocycles. The molecule has 0 unspecified atom stereocenters. The number of nitrogens with one attached hydrogen (secondary N) is 1. The van der Waals surface area contributed by atoms with Crippen molar-refractivity contribution >= 4 is 27.5 Å². The Morgan fingerprint density at radius 1 is 1.37 bits per heavy atom. The lowest BCUT2D eigenvalue weighted by molar-refractivity contribution is 0.102. The van der Waals surface area contributed by atoms with Gasteiger partial charge >= 0.3 is 0 Å². The zero-order chi connectivity index (χ0) is 13.8. The Bertz CT molecular complexity index is 618. The van der Waals surface area contributed by atoms with Crippen molar-refractivity contribution in [1.82, 2.24) is 15.0 Å². The molecule has 1 amide bonds. The fourth-order valence-corrected chi connectivity index (χ4v) is 1.70. The SMILES string of the molecule is COc1ncncc1NC(=O)c1cc(Br)c(C)cn1. The van der Waals surface area contributed by atoms with Crippen LogP contribution < -0.4 is 10.1 Å². The van der Waals surface area contributed by atoms with Crippen LogP contribution in [0.2, 0.25) is 0 Å². The number of pyridine rings is 1. The third-order valence-electron chi connectivity index (χ3n) is 2.39. The van der Waals surface area contributed by atoms with Crippen LogP contribution in [0.15, 0.2) is 29.3 Å². The lowest BCUT2D eigenvalue weighted by atomic mass is 10.2. The molecule has 2 aromatic heterocycles. The maximum absolute atomic E-state index is 12.0. The number of halogens is 1. The number of carbonyl (C=O) groups is 1. The number of rotatable bonds is 3. The highest BCUT2D eigenvalue weighted by Gasteiger charge is 2.12. The van der Waals surface area contributed by atoms with E-state index < -0.39 is 0 Å². The maximum atomic E-state index is 12.0. The van der Waals surface area contributed by atoms with E-state index in [1.807, 2.05) is 6.92 Å². The van der Waals surface area contributed by atoms with Crippen molar-refractivity contribution in [2.24, 2.45) is 0 Å². The standard InChI is InChI=1S/C12H11BrN4O2/c1-7-4-15-9(3-8(7)13)11(18)17-10-5-14-6-16-12(10)19-2/h3-6H,1-2H3,(H,17,18). The molecule has 0 spiro atoms. The summed E-state index contributed by atoms with van der Waals surface area (Å²) in [5.74, 6) is -0.0525. The molecule has 98 valence electrons. The summed E-state index contributed by atoms with van der Waals surface area (Å²) in [7, 11) is 1.47. The number of hydrogen-bond acceptors (Lipinski definition) is 5. The molecule has 2 rings (SSSR count). The molecular weight excluding hydrogens is 312 g/mol. The Morgan fingerprint density at radius 2 is 2.16 bits per heavy atom. The van der Waals surface area contributed by atoms with Gasteiger partial charge in [0.2, 0.25) is 5.88 Å². The lowest BCUT2D eigenvalue weighted by Gasteiger charge is -2.08. The summed E-state index contributed by atoms with van der Waals surface area (Å²) >= 11 is 3.36. The number of nitrogens with zero attached hydrogens (tertiary/aromatic N) is 3. The van der Waals surface area contributed by atoms with E-state index in [2.05, 4.69) is 36.2 Å². The van der Waals surface area contributed by atoms with E-state index in [1.165, 1.54) is 19.6 Å². The van der Waals surface area contributed by atoms with Gasteiger partial charge < -0.3 is 10.1 Å². The fourth-order valence-electron chi connectivity index (χ4n) is 1.38. The molecule has 0 aliphatic carbocycles. The van der Waals surface area contributed by atoms with Gasteiger partial charge in [-0.2, -0.15) is 4.98 Å². The van der Waals surface area contributed by atoms with Gasteiger partial charge in [-0.15, -0.1) is 0 Å². The highest BCUT2D eigenvalue weighted by atomic mass is 79.9. The van der Waals surface area contributed by atoms with Crippen LogP contribution in [0.1, 0.15) is 16.1 Å². The van der Waals surface area contributed by atoms with Gasteiger partial charge in [-0.05, 0) is 18.6 Å². The number of amides is 1. The summed E-state index contributed by atoms with van der Waals surface area (Å²) in [6.45, 7) is 1.90. The minimum Gasteiger partial charge on any atom is -0.479 e. The smallest absolute Gasteiger partial charge is 0.274 e. The topological polar surface area (TPSA) is 77.0 Å². The second-order valence-corrected chi connectivity index (χ2v) is 4.57. The average Bonchev–Trinajstić information content (AvgIpc) is 2.42. The molecule has 7 heteroatoms. The molecule has 0 fully saturated rings. The average molecular weight is 323 g/mol.